The number of nitrogens with one attached hydrogen (secondary N) is 1. The summed E-state index contributed by atoms with van der Waals surface area (Å²) in [7, 11) is 2.94. The van der Waals surface area contributed by atoms with Crippen LogP contribution in [0.15, 0.2) is 23.2 Å². The highest BCUT2D eigenvalue weighted by Gasteiger charge is 2.36. The van der Waals surface area contributed by atoms with Gasteiger partial charge in [-0.15, -0.1) is 0 Å². The molecule has 0 spiro atoms. The molecule has 0 radical (unpaired) electrons. The van der Waals surface area contributed by atoms with Gasteiger partial charge >= 0.3 is 5.97 Å². The number of benzene rings is 1. The SMILES string of the molecule is CCNC(=NCc1ccc(OC)c(O)c1)N1CC(C)C(C(=O)OC)C1. The fourth-order valence-electron chi connectivity index (χ4n) is 3.02. The van der Waals surface area contributed by atoms with Crippen LogP contribution in [0, 0.1) is 11.8 Å². The predicted molar refractivity (Wildman–Crippen MR) is 95.7 cm³/mol. The van der Waals surface area contributed by atoms with Gasteiger partial charge in [0.2, 0.25) is 0 Å². The highest BCUT2D eigenvalue weighted by Crippen LogP contribution is 2.27. The van der Waals surface area contributed by atoms with Gasteiger partial charge in [0, 0.05) is 19.6 Å². The van der Waals surface area contributed by atoms with Crippen LogP contribution in [0.25, 0.3) is 0 Å². The second kappa shape index (κ2) is 8.60. The Bertz CT molecular complexity index is 633. The first-order chi connectivity index (χ1) is 12.0. The molecule has 0 amide bonds. The fourth-order valence-corrected chi connectivity index (χ4v) is 3.02. The molecule has 0 aliphatic carbocycles. The minimum absolute atomic E-state index is 0.0979. The van der Waals surface area contributed by atoms with E-state index in [4.69, 9.17) is 9.47 Å². The van der Waals surface area contributed by atoms with Crippen LogP contribution in [0.5, 0.6) is 11.5 Å². The molecule has 1 aliphatic rings. The summed E-state index contributed by atoms with van der Waals surface area (Å²) in [6, 6.07) is 5.24. The number of hydrogen-bond acceptors (Lipinski definition) is 5. The summed E-state index contributed by atoms with van der Waals surface area (Å²) >= 11 is 0. The standard InChI is InChI=1S/C18H27N3O4/c1-5-19-18(21-10-12(2)14(11-21)17(23)25-4)20-9-13-6-7-16(24-3)15(22)8-13/h6-8,12,14,22H,5,9-11H2,1-4H3,(H,19,20). The van der Waals surface area contributed by atoms with Crippen LogP contribution in [0.4, 0.5) is 0 Å². The summed E-state index contributed by atoms with van der Waals surface area (Å²) in [4.78, 5) is 18.6. The normalized spacial score (nSPS) is 20.5. The van der Waals surface area contributed by atoms with E-state index in [1.807, 2.05) is 19.9 Å². The summed E-state index contributed by atoms with van der Waals surface area (Å²) in [6.07, 6.45) is 0. The van der Waals surface area contributed by atoms with Crippen LogP contribution in [-0.2, 0) is 16.1 Å². The van der Waals surface area contributed by atoms with Crippen molar-refractivity contribution in [2.75, 3.05) is 33.9 Å². The van der Waals surface area contributed by atoms with E-state index in [2.05, 4.69) is 15.2 Å². The number of phenolic OH excluding ortho intramolecular Hbond substituents is 1. The molecule has 1 aromatic carbocycles. The number of likely N-dealkylation sites (tertiary alicyclic amines) is 1. The van der Waals surface area contributed by atoms with Crippen LogP contribution in [0.1, 0.15) is 19.4 Å². The lowest BCUT2D eigenvalue weighted by atomic mass is 9.99. The quantitative estimate of drug-likeness (QED) is 0.477. The first-order valence-corrected chi connectivity index (χ1v) is 8.47. The molecule has 0 bridgehead atoms. The van der Waals surface area contributed by atoms with E-state index in [1.54, 1.807) is 12.1 Å². The van der Waals surface area contributed by atoms with Gasteiger partial charge in [-0.3, -0.25) is 4.79 Å². The molecule has 2 rings (SSSR count). The molecule has 0 aromatic heterocycles. The number of carbonyl (C=O) groups excluding carboxylic acids is 1. The maximum atomic E-state index is 11.9. The van der Waals surface area contributed by atoms with E-state index < -0.39 is 0 Å². The summed E-state index contributed by atoms with van der Waals surface area (Å²) in [5, 5.41) is 13.1. The topological polar surface area (TPSA) is 83.4 Å². The van der Waals surface area contributed by atoms with Crippen molar-refractivity contribution in [3.8, 4) is 11.5 Å². The second-order valence-corrected chi connectivity index (χ2v) is 6.19. The number of nitrogens with zero attached hydrogens (tertiary/aromatic N) is 2. The number of methoxy groups -OCH3 is 2. The summed E-state index contributed by atoms with van der Waals surface area (Å²) in [6.45, 7) is 6.56. The monoisotopic (exact) mass is 349 g/mol. The molecular formula is C18H27N3O4. The number of esters is 1. The summed E-state index contributed by atoms with van der Waals surface area (Å²) in [5.41, 5.74) is 0.880. The molecule has 0 saturated carbocycles. The van der Waals surface area contributed by atoms with Gasteiger partial charge < -0.3 is 24.8 Å². The molecule has 2 unspecified atom stereocenters. The third-order valence-electron chi connectivity index (χ3n) is 4.41. The Labute approximate surface area is 148 Å². The van der Waals surface area contributed by atoms with Crippen molar-refractivity contribution in [1.82, 2.24) is 10.2 Å². The van der Waals surface area contributed by atoms with Crippen molar-refractivity contribution in [3.63, 3.8) is 0 Å². The minimum atomic E-state index is -0.175. The van der Waals surface area contributed by atoms with Crippen LogP contribution in [-0.4, -0.2) is 55.8 Å². The Kier molecular flexibility index (Phi) is 6.50. The lowest BCUT2D eigenvalue weighted by Crippen LogP contribution is -2.40. The van der Waals surface area contributed by atoms with Crippen molar-refractivity contribution >= 4 is 11.9 Å². The highest BCUT2D eigenvalue weighted by atomic mass is 16.5. The molecule has 1 aromatic rings. The predicted octanol–water partition coefficient (Wildman–Crippen LogP) is 1.61. The zero-order valence-electron chi connectivity index (χ0n) is 15.3. The van der Waals surface area contributed by atoms with Crippen molar-refractivity contribution in [3.05, 3.63) is 23.8 Å². The van der Waals surface area contributed by atoms with Crippen molar-refractivity contribution in [2.24, 2.45) is 16.8 Å². The van der Waals surface area contributed by atoms with E-state index in [1.165, 1.54) is 14.2 Å². The Balaban J connectivity index is 2.11. The van der Waals surface area contributed by atoms with Gasteiger partial charge in [-0.1, -0.05) is 13.0 Å². The number of carbonyl (C=O) groups is 1. The minimum Gasteiger partial charge on any atom is -0.504 e. The smallest absolute Gasteiger partial charge is 0.310 e. The maximum Gasteiger partial charge on any atom is 0.310 e. The van der Waals surface area contributed by atoms with E-state index in [9.17, 15) is 9.90 Å². The van der Waals surface area contributed by atoms with Crippen molar-refractivity contribution in [1.29, 1.82) is 0 Å². The summed E-state index contributed by atoms with van der Waals surface area (Å²) in [5.74, 6) is 1.19. The number of guanidine groups is 1. The molecular weight excluding hydrogens is 322 g/mol. The van der Waals surface area contributed by atoms with Gasteiger partial charge in [-0.05, 0) is 30.5 Å². The molecule has 7 nitrogen and oxygen atoms in total. The van der Waals surface area contributed by atoms with Gasteiger partial charge in [0.25, 0.3) is 0 Å². The van der Waals surface area contributed by atoms with Crippen LogP contribution in [0.3, 0.4) is 0 Å². The Morgan fingerprint density at radius 1 is 1.40 bits per heavy atom. The van der Waals surface area contributed by atoms with E-state index in [-0.39, 0.29) is 23.6 Å². The Morgan fingerprint density at radius 3 is 2.76 bits per heavy atom. The molecule has 1 fully saturated rings. The zero-order valence-corrected chi connectivity index (χ0v) is 15.3. The zero-order chi connectivity index (χ0) is 18.4. The third-order valence-corrected chi connectivity index (χ3v) is 4.41. The molecule has 1 saturated heterocycles. The number of aromatic hydroxyl groups is 1. The van der Waals surface area contributed by atoms with Gasteiger partial charge in [0.05, 0.1) is 26.7 Å². The number of ether oxygens (including phenoxy) is 2. The number of hydrogen-bond donors (Lipinski definition) is 2. The van der Waals surface area contributed by atoms with E-state index >= 15 is 0 Å². The number of rotatable bonds is 5. The van der Waals surface area contributed by atoms with Crippen LogP contribution in [0.2, 0.25) is 0 Å². The third kappa shape index (κ3) is 4.55. The number of aliphatic imine (C=N–C) groups is 1. The maximum absolute atomic E-state index is 11.9. The molecule has 2 N–H and O–H groups in total. The largest absolute Gasteiger partial charge is 0.504 e. The highest BCUT2D eigenvalue weighted by molar-refractivity contribution is 5.82. The van der Waals surface area contributed by atoms with Gasteiger partial charge in [0.1, 0.15) is 0 Å². The van der Waals surface area contributed by atoms with E-state index in [0.717, 1.165) is 24.6 Å². The first-order valence-electron chi connectivity index (χ1n) is 8.47. The van der Waals surface area contributed by atoms with Crippen LogP contribution >= 0.6 is 0 Å². The molecule has 7 heteroatoms. The molecule has 2 atom stereocenters. The average Bonchev–Trinajstić information content (AvgIpc) is 2.99. The Hall–Kier alpha value is -2.44. The molecule has 138 valence electrons. The Morgan fingerprint density at radius 2 is 2.16 bits per heavy atom. The molecule has 1 heterocycles. The summed E-state index contributed by atoms with van der Waals surface area (Å²) < 4.78 is 9.94. The van der Waals surface area contributed by atoms with Gasteiger partial charge in [0.15, 0.2) is 17.5 Å². The van der Waals surface area contributed by atoms with E-state index in [0.29, 0.717) is 18.8 Å². The van der Waals surface area contributed by atoms with Crippen LogP contribution < -0.4 is 10.1 Å². The molecule has 1 aliphatic heterocycles. The van der Waals surface area contributed by atoms with Crippen molar-refractivity contribution < 1.29 is 19.4 Å². The van der Waals surface area contributed by atoms with Gasteiger partial charge in [-0.25, -0.2) is 4.99 Å². The van der Waals surface area contributed by atoms with Crippen molar-refractivity contribution in [2.45, 2.75) is 20.4 Å². The fraction of sp³-hybridized carbons (Fsp3) is 0.556. The lowest BCUT2D eigenvalue weighted by molar-refractivity contribution is -0.145. The van der Waals surface area contributed by atoms with Gasteiger partial charge in [-0.2, -0.15) is 0 Å². The number of phenols is 1. The average molecular weight is 349 g/mol. The first kappa shape index (κ1) is 18.9. The lowest BCUT2D eigenvalue weighted by Gasteiger charge is -2.21. The molecule has 25 heavy (non-hydrogen) atoms. The second-order valence-electron chi connectivity index (χ2n) is 6.19.